The Morgan fingerprint density at radius 1 is 1.31 bits per heavy atom. The fraction of sp³-hybridized carbons (Fsp3) is 0.571. The van der Waals surface area contributed by atoms with Crippen LogP contribution in [0.2, 0.25) is 0 Å². The molecule has 3 rings (SSSR count). The number of fused-ring (bicyclic) bond motifs is 1. The summed E-state index contributed by atoms with van der Waals surface area (Å²) in [5.74, 6) is 0.787. The average Bonchev–Trinajstić information content (AvgIpc) is 2.81. The Balaban J connectivity index is 1.93. The van der Waals surface area contributed by atoms with Crippen molar-refractivity contribution in [2.45, 2.75) is 25.8 Å². The number of nitrogens with one attached hydrogen (secondary N) is 1. The van der Waals surface area contributed by atoms with Crippen LogP contribution < -0.4 is 10.2 Å². The Bertz CT molecular complexity index is 369. The van der Waals surface area contributed by atoms with Crippen LogP contribution in [0.4, 0.5) is 5.69 Å². The van der Waals surface area contributed by atoms with Gasteiger partial charge in [-0.05, 0) is 36.9 Å². The minimum Gasteiger partial charge on any atom is -0.367 e. The van der Waals surface area contributed by atoms with Gasteiger partial charge in [-0.2, -0.15) is 0 Å². The molecule has 0 aliphatic carbocycles. The molecule has 2 atom stereocenters. The minimum atomic E-state index is 0.712. The fourth-order valence-electron chi connectivity index (χ4n) is 3.09. The first-order valence-corrected chi connectivity index (χ1v) is 6.40. The molecule has 0 unspecified atom stereocenters. The van der Waals surface area contributed by atoms with Gasteiger partial charge in [0.1, 0.15) is 0 Å². The van der Waals surface area contributed by atoms with Crippen molar-refractivity contribution in [1.82, 2.24) is 5.32 Å². The molecule has 2 aliphatic rings. The van der Waals surface area contributed by atoms with Crippen LogP contribution in [0.3, 0.4) is 0 Å². The van der Waals surface area contributed by atoms with Gasteiger partial charge in [-0.25, -0.2) is 0 Å². The van der Waals surface area contributed by atoms with Crippen LogP contribution in [0.5, 0.6) is 0 Å². The van der Waals surface area contributed by atoms with E-state index in [0.717, 1.165) is 12.5 Å². The van der Waals surface area contributed by atoms with E-state index in [1.165, 1.54) is 37.2 Å². The quantitative estimate of drug-likeness (QED) is 0.773. The number of hydrogen-bond acceptors (Lipinski definition) is 2. The summed E-state index contributed by atoms with van der Waals surface area (Å²) in [4.78, 5) is 2.63. The molecule has 0 spiro atoms. The summed E-state index contributed by atoms with van der Waals surface area (Å²) in [5.41, 5.74) is 3.02. The molecule has 1 aromatic rings. The van der Waals surface area contributed by atoms with Crippen molar-refractivity contribution in [1.29, 1.82) is 0 Å². The molecule has 2 heterocycles. The minimum absolute atomic E-state index is 0.712. The highest BCUT2D eigenvalue weighted by atomic mass is 15.2. The molecule has 1 saturated heterocycles. The molecular weight excluding hydrogens is 196 g/mol. The summed E-state index contributed by atoms with van der Waals surface area (Å²) < 4.78 is 0. The monoisotopic (exact) mass is 216 g/mol. The zero-order valence-electron chi connectivity index (χ0n) is 9.95. The van der Waals surface area contributed by atoms with Crippen LogP contribution in [0.25, 0.3) is 0 Å². The molecule has 0 bridgehead atoms. The second-order valence-corrected chi connectivity index (χ2v) is 5.24. The van der Waals surface area contributed by atoms with Crippen molar-refractivity contribution in [2.75, 3.05) is 24.5 Å². The van der Waals surface area contributed by atoms with Gasteiger partial charge in [-0.1, -0.05) is 25.1 Å². The fourth-order valence-corrected chi connectivity index (χ4v) is 3.09. The van der Waals surface area contributed by atoms with E-state index in [1.807, 2.05) is 0 Å². The summed E-state index contributed by atoms with van der Waals surface area (Å²) >= 11 is 0. The molecule has 1 fully saturated rings. The Morgan fingerprint density at radius 3 is 3.00 bits per heavy atom. The summed E-state index contributed by atoms with van der Waals surface area (Å²) in [5, 5.41) is 3.47. The van der Waals surface area contributed by atoms with Crippen molar-refractivity contribution in [3.8, 4) is 0 Å². The summed E-state index contributed by atoms with van der Waals surface area (Å²) in [6.45, 7) is 5.92. The summed E-state index contributed by atoms with van der Waals surface area (Å²) in [6, 6.07) is 9.63. The lowest BCUT2D eigenvalue weighted by Crippen LogP contribution is -2.43. The predicted molar refractivity (Wildman–Crippen MR) is 67.9 cm³/mol. The van der Waals surface area contributed by atoms with Crippen LogP contribution in [0, 0.1) is 5.92 Å². The highest BCUT2D eigenvalue weighted by molar-refractivity contribution is 5.56. The number of benzene rings is 1. The molecule has 2 aliphatic heterocycles. The van der Waals surface area contributed by atoms with Gasteiger partial charge in [0.2, 0.25) is 0 Å². The highest BCUT2D eigenvalue weighted by Crippen LogP contribution is 2.31. The number of para-hydroxylation sites is 1. The number of anilines is 1. The van der Waals surface area contributed by atoms with Gasteiger partial charge in [-0.15, -0.1) is 0 Å². The van der Waals surface area contributed by atoms with Gasteiger partial charge >= 0.3 is 0 Å². The van der Waals surface area contributed by atoms with Crippen molar-refractivity contribution >= 4 is 5.69 Å². The third-order valence-electron chi connectivity index (χ3n) is 3.85. The first kappa shape index (κ1) is 10.2. The van der Waals surface area contributed by atoms with Gasteiger partial charge < -0.3 is 10.2 Å². The van der Waals surface area contributed by atoms with Crippen LogP contribution in [-0.2, 0) is 6.42 Å². The van der Waals surface area contributed by atoms with Crippen LogP contribution in [0.1, 0.15) is 18.9 Å². The first-order chi connectivity index (χ1) is 7.84. The number of nitrogens with zero attached hydrogens (tertiary/aromatic N) is 1. The Hall–Kier alpha value is -1.02. The SMILES string of the molecule is C[C@@H]1Cc2ccccc2N([C@H]2CCNC2)C1. The van der Waals surface area contributed by atoms with Crippen molar-refractivity contribution < 1.29 is 0 Å². The number of hydrogen-bond donors (Lipinski definition) is 1. The zero-order chi connectivity index (χ0) is 11.0. The second kappa shape index (κ2) is 4.10. The Labute approximate surface area is 97.6 Å². The lowest BCUT2D eigenvalue weighted by Gasteiger charge is -2.38. The average molecular weight is 216 g/mol. The van der Waals surface area contributed by atoms with Gasteiger partial charge in [0.15, 0.2) is 0 Å². The van der Waals surface area contributed by atoms with E-state index in [-0.39, 0.29) is 0 Å². The van der Waals surface area contributed by atoms with E-state index in [9.17, 15) is 0 Å². The molecule has 86 valence electrons. The molecule has 0 saturated carbocycles. The molecule has 0 radical (unpaired) electrons. The van der Waals surface area contributed by atoms with Gasteiger partial charge in [0.05, 0.1) is 0 Å². The normalized spacial score (nSPS) is 29.2. The summed E-state index contributed by atoms with van der Waals surface area (Å²) in [6.07, 6.45) is 2.54. The maximum atomic E-state index is 3.47. The predicted octanol–water partition coefficient (Wildman–Crippen LogP) is 2.05. The van der Waals surface area contributed by atoms with Gasteiger partial charge in [0, 0.05) is 24.8 Å². The maximum Gasteiger partial charge on any atom is 0.0426 e. The van der Waals surface area contributed by atoms with Crippen molar-refractivity contribution in [3.05, 3.63) is 29.8 Å². The van der Waals surface area contributed by atoms with Gasteiger partial charge in [0.25, 0.3) is 0 Å². The molecule has 2 nitrogen and oxygen atoms in total. The topological polar surface area (TPSA) is 15.3 Å². The standard InChI is InChI=1S/C14H20N2/c1-11-8-12-4-2-3-5-14(12)16(10-11)13-6-7-15-9-13/h2-5,11,13,15H,6-10H2,1H3/t11-,13+/m1/s1. The third-order valence-corrected chi connectivity index (χ3v) is 3.85. The van der Waals surface area contributed by atoms with Crippen LogP contribution in [-0.4, -0.2) is 25.7 Å². The lowest BCUT2D eigenvalue weighted by atomic mass is 9.92. The molecule has 0 aromatic heterocycles. The third kappa shape index (κ3) is 1.71. The smallest absolute Gasteiger partial charge is 0.0426 e. The van der Waals surface area contributed by atoms with E-state index in [4.69, 9.17) is 0 Å². The molecular formula is C14H20N2. The lowest BCUT2D eigenvalue weighted by molar-refractivity contribution is 0.492. The highest BCUT2D eigenvalue weighted by Gasteiger charge is 2.28. The van der Waals surface area contributed by atoms with Crippen LogP contribution >= 0.6 is 0 Å². The molecule has 16 heavy (non-hydrogen) atoms. The largest absolute Gasteiger partial charge is 0.367 e. The van der Waals surface area contributed by atoms with Crippen molar-refractivity contribution in [2.24, 2.45) is 5.92 Å². The zero-order valence-corrected chi connectivity index (χ0v) is 9.95. The van der Waals surface area contributed by atoms with E-state index in [2.05, 4.69) is 41.4 Å². The Morgan fingerprint density at radius 2 is 2.19 bits per heavy atom. The molecule has 2 heteroatoms. The second-order valence-electron chi connectivity index (χ2n) is 5.24. The molecule has 1 N–H and O–H groups in total. The van der Waals surface area contributed by atoms with E-state index in [0.29, 0.717) is 6.04 Å². The van der Waals surface area contributed by atoms with Crippen molar-refractivity contribution in [3.63, 3.8) is 0 Å². The van der Waals surface area contributed by atoms with E-state index >= 15 is 0 Å². The van der Waals surface area contributed by atoms with Crippen LogP contribution in [0.15, 0.2) is 24.3 Å². The van der Waals surface area contributed by atoms with E-state index in [1.54, 1.807) is 0 Å². The molecule has 0 amide bonds. The first-order valence-electron chi connectivity index (χ1n) is 6.40. The Kier molecular flexibility index (Phi) is 2.60. The summed E-state index contributed by atoms with van der Waals surface area (Å²) in [7, 11) is 0. The van der Waals surface area contributed by atoms with E-state index < -0.39 is 0 Å². The number of rotatable bonds is 1. The molecule has 1 aromatic carbocycles. The van der Waals surface area contributed by atoms with Gasteiger partial charge in [-0.3, -0.25) is 0 Å². The maximum absolute atomic E-state index is 3.47.